The fourth-order valence-corrected chi connectivity index (χ4v) is 4.09. The summed E-state index contributed by atoms with van der Waals surface area (Å²) in [7, 11) is -3.67. The number of piperidine rings is 1. The highest BCUT2D eigenvalue weighted by Gasteiger charge is 2.26. The summed E-state index contributed by atoms with van der Waals surface area (Å²) in [6.45, 7) is 2.70. The van der Waals surface area contributed by atoms with Crippen LogP contribution in [0.4, 0.5) is 4.39 Å². The number of nitrogens with one attached hydrogen (secondary N) is 1. The second-order valence-electron chi connectivity index (χ2n) is 6.54. The molecule has 1 aromatic heterocycles. The van der Waals surface area contributed by atoms with Crippen LogP contribution in [0.25, 0.3) is 0 Å². The Labute approximate surface area is 156 Å². The molecule has 8 nitrogen and oxygen atoms in total. The van der Waals surface area contributed by atoms with E-state index < -0.39 is 15.8 Å². The summed E-state index contributed by atoms with van der Waals surface area (Å²) in [5.41, 5.74) is 0.353. The molecule has 27 heavy (non-hydrogen) atoms. The normalized spacial score (nSPS) is 15.9. The van der Waals surface area contributed by atoms with Gasteiger partial charge in [-0.2, -0.15) is 4.98 Å². The van der Waals surface area contributed by atoms with Crippen LogP contribution in [0.5, 0.6) is 0 Å². The fourth-order valence-electron chi connectivity index (χ4n) is 3.03. The van der Waals surface area contributed by atoms with E-state index in [9.17, 15) is 17.6 Å². The van der Waals surface area contributed by atoms with Crippen molar-refractivity contribution in [3.63, 3.8) is 0 Å². The maximum Gasteiger partial charge on any atom is 0.241 e. The van der Waals surface area contributed by atoms with E-state index in [0.717, 1.165) is 12.8 Å². The van der Waals surface area contributed by atoms with Gasteiger partial charge in [0.05, 0.1) is 12.3 Å². The number of hydrogen-bond donors (Lipinski definition) is 1. The summed E-state index contributed by atoms with van der Waals surface area (Å²) in [4.78, 5) is 17.4. The van der Waals surface area contributed by atoms with Crippen molar-refractivity contribution in [1.82, 2.24) is 19.8 Å². The van der Waals surface area contributed by atoms with E-state index in [2.05, 4.69) is 14.9 Å². The average Bonchev–Trinajstić information content (AvgIpc) is 3.09. The van der Waals surface area contributed by atoms with Crippen LogP contribution in [-0.2, 0) is 27.1 Å². The molecule has 2 aromatic rings. The Morgan fingerprint density at radius 3 is 2.78 bits per heavy atom. The molecule has 1 aromatic carbocycles. The van der Waals surface area contributed by atoms with Crippen molar-refractivity contribution < 1.29 is 22.1 Å². The van der Waals surface area contributed by atoms with Crippen LogP contribution in [0.2, 0.25) is 0 Å². The topological polar surface area (TPSA) is 105 Å². The molecule has 1 amide bonds. The van der Waals surface area contributed by atoms with Crippen LogP contribution in [-0.4, -0.2) is 42.5 Å². The Morgan fingerprint density at radius 1 is 1.37 bits per heavy atom. The third-order valence-electron chi connectivity index (χ3n) is 4.48. The molecule has 1 aliphatic rings. The van der Waals surface area contributed by atoms with Crippen molar-refractivity contribution in [2.75, 3.05) is 13.1 Å². The molecule has 2 heterocycles. The summed E-state index contributed by atoms with van der Waals surface area (Å²) < 4.78 is 44.9. The lowest BCUT2D eigenvalue weighted by Gasteiger charge is -2.29. The first-order valence-electron chi connectivity index (χ1n) is 8.62. The van der Waals surface area contributed by atoms with E-state index in [4.69, 9.17) is 4.52 Å². The lowest BCUT2D eigenvalue weighted by molar-refractivity contribution is -0.129. The first kappa shape index (κ1) is 19.4. The minimum atomic E-state index is -3.67. The number of likely N-dealkylation sites (tertiary alicyclic amines) is 1. The number of aromatic nitrogens is 2. The third-order valence-corrected chi connectivity index (χ3v) is 5.78. The van der Waals surface area contributed by atoms with Crippen molar-refractivity contribution in [3.05, 3.63) is 47.4 Å². The molecule has 1 aliphatic heterocycles. The predicted octanol–water partition coefficient (Wildman–Crippen LogP) is 1.55. The molecule has 0 aliphatic carbocycles. The number of amides is 1. The Balaban J connectivity index is 1.54. The number of benzene rings is 1. The van der Waals surface area contributed by atoms with Gasteiger partial charge in [-0.3, -0.25) is 4.79 Å². The molecule has 1 N–H and O–H groups in total. The Morgan fingerprint density at radius 2 is 2.11 bits per heavy atom. The third kappa shape index (κ3) is 5.33. The standard InChI is InChI=1S/C17H21FN4O4S/c1-12(23)22-7-5-14(6-8-22)17-20-16(26-21-17)10-19-27(24,25)11-13-3-2-4-15(18)9-13/h2-4,9,14,19H,5-8,10-11H2,1H3. The zero-order valence-corrected chi connectivity index (χ0v) is 15.7. The highest BCUT2D eigenvalue weighted by atomic mass is 32.2. The van der Waals surface area contributed by atoms with Crippen molar-refractivity contribution in [2.45, 2.75) is 38.0 Å². The molecule has 146 valence electrons. The number of sulfonamides is 1. The quantitative estimate of drug-likeness (QED) is 0.794. The second-order valence-corrected chi connectivity index (χ2v) is 8.34. The van der Waals surface area contributed by atoms with Crippen LogP contribution in [0.15, 0.2) is 28.8 Å². The molecule has 0 unspecified atom stereocenters. The van der Waals surface area contributed by atoms with Gasteiger partial charge >= 0.3 is 0 Å². The number of carbonyl (C=O) groups excluding carboxylic acids is 1. The van der Waals surface area contributed by atoms with Gasteiger partial charge in [-0.15, -0.1) is 0 Å². The van der Waals surface area contributed by atoms with E-state index >= 15 is 0 Å². The van der Waals surface area contributed by atoms with Gasteiger partial charge in [-0.1, -0.05) is 17.3 Å². The first-order valence-corrected chi connectivity index (χ1v) is 10.3. The maximum atomic E-state index is 13.2. The molecule has 10 heteroatoms. The summed E-state index contributed by atoms with van der Waals surface area (Å²) >= 11 is 0. The van der Waals surface area contributed by atoms with E-state index in [1.54, 1.807) is 17.9 Å². The minimum absolute atomic E-state index is 0.0509. The van der Waals surface area contributed by atoms with E-state index in [-0.39, 0.29) is 30.0 Å². The van der Waals surface area contributed by atoms with E-state index in [0.29, 0.717) is 24.5 Å². The van der Waals surface area contributed by atoms with Gasteiger partial charge in [0.2, 0.25) is 21.8 Å². The highest BCUT2D eigenvalue weighted by Crippen LogP contribution is 2.25. The summed E-state index contributed by atoms with van der Waals surface area (Å²) in [6.07, 6.45) is 1.48. The van der Waals surface area contributed by atoms with Gasteiger partial charge in [-0.25, -0.2) is 17.5 Å². The van der Waals surface area contributed by atoms with Crippen molar-refractivity contribution >= 4 is 15.9 Å². The molecule has 1 saturated heterocycles. The molecule has 0 radical (unpaired) electrons. The fraction of sp³-hybridized carbons (Fsp3) is 0.471. The molecular weight excluding hydrogens is 375 g/mol. The van der Waals surface area contributed by atoms with Crippen LogP contribution < -0.4 is 4.72 Å². The summed E-state index contributed by atoms with van der Waals surface area (Å²) in [5.74, 6) is 0.00582. The van der Waals surface area contributed by atoms with Gasteiger partial charge in [0.15, 0.2) is 5.82 Å². The van der Waals surface area contributed by atoms with Crippen molar-refractivity contribution in [3.8, 4) is 0 Å². The SMILES string of the molecule is CC(=O)N1CCC(c2noc(CNS(=O)(=O)Cc3cccc(F)c3)n2)CC1. The van der Waals surface area contributed by atoms with Gasteiger partial charge < -0.3 is 9.42 Å². The van der Waals surface area contributed by atoms with Gasteiger partial charge in [0, 0.05) is 25.9 Å². The molecule has 0 saturated carbocycles. The van der Waals surface area contributed by atoms with E-state index in [1.807, 2.05) is 0 Å². The minimum Gasteiger partial charge on any atom is -0.343 e. The summed E-state index contributed by atoms with van der Waals surface area (Å²) in [5, 5.41) is 3.93. The molecule has 0 bridgehead atoms. The molecule has 1 fully saturated rings. The lowest BCUT2D eigenvalue weighted by atomic mass is 9.96. The number of hydrogen-bond acceptors (Lipinski definition) is 6. The van der Waals surface area contributed by atoms with Gasteiger partial charge in [-0.05, 0) is 30.5 Å². The van der Waals surface area contributed by atoms with Gasteiger partial charge in [0.25, 0.3) is 0 Å². The predicted molar refractivity (Wildman–Crippen MR) is 94.4 cm³/mol. The van der Waals surface area contributed by atoms with Crippen LogP contribution >= 0.6 is 0 Å². The largest absolute Gasteiger partial charge is 0.343 e. The van der Waals surface area contributed by atoms with Crippen molar-refractivity contribution in [1.29, 1.82) is 0 Å². The zero-order chi connectivity index (χ0) is 19.4. The zero-order valence-electron chi connectivity index (χ0n) is 14.9. The Hall–Kier alpha value is -2.33. The second kappa shape index (κ2) is 8.13. The maximum absolute atomic E-state index is 13.2. The first-order chi connectivity index (χ1) is 12.8. The number of halogens is 1. The summed E-state index contributed by atoms with van der Waals surface area (Å²) in [6, 6.07) is 5.43. The number of carbonyl (C=O) groups is 1. The van der Waals surface area contributed by atoms with E-state index in [1.165, 1.54) is 18.2 Å². The smallest absolute Gasteiger partial charge is 0.241 e. The van der Waals surface area contributed by atoms with Crippen molar-refractivity contribution in [2.24, 2.45) is 0 Å². The number of nitrogens with zero attached hydrogens (tertiary/aromatic N) is 3. The Kier molecular flexibility index (Phi) is 5.85. The van der Waals surface area contributed by atoms with Crippen LogP contribution in [0, 0.1) is 5.82 Å². The Bertz CT molecular complexity index is 907. The molecule has 3 rings (SSSR count). The highest BCUT2D eigenvalue weighted by molar-refractivity contribution is 7.88. The molecule has 0 atom stereocenters. The van der Waals surface area contributed by atoms with Crippen LogP contribution in [0.1, 0.15) is 43.0 Å². The molecule has 0 spiro atoms. The average molecular weight is 396 g/mol. The lowest BCUT2D eigenvalue weighted by Crippen LogP contribution is -2.36. The number of rotatable bonds is 6. The monoisotopic (exact) mass is 396 g/mol. The van der Waals surface area contributed by atoms with Crippen LogP contribution in [0.3, 0.4) is 0 Å². The molecular formula is C17H21FN4O4S. The van der Waals surface area contributed by atoms with Gasteiger partial charge in [0.1, 0.15) is 5.82 Å².